The molecule has 1 atom stereocenters. The minimum Gasteiger partial charge on any atom is -0.310 e. The largest absolute Gasteiger partial charge is 0.310 e. The number of rotatable bonds is 7. The van der Waals surface area contributed by atoms with Crippen LogP contribution in [0.5, 0.6) is 0 Å². The third-order valence-corrected chi connectivity index (χ3v) is 3.59. The highest BCUT2D eigenvalue weighted by atomic mass is 32.2. The first-order valence-corrected chi connectivity index (χ1v) is 8.35. The molecule has 1 aromatic rings. The van der Waals surface area contributed by atoms with Gasteiger partial charge in [0.25, 0.3) is 5.56 Å². The first kappa shape index (κ1) is 16.8. The maximum atomic E-state index is 11.9. The molecule has 0 aliphatic rings. The van der Waals surface area contributed by atoms with Crippen molar-refractivity contribution in [2.45, 2.75) is 33.2 Å². The molecule has 3 N–H and O–H groups in total. The monoisotopic (exact) mass is 302 g/mol. The quantitative estimate of drug-likeness (QED) is 0.614. The Morgan fingerprint density at radius 1 is 1.30 bits per heavy atom. The van der Waals surface area contributed by atoms with E-state index in [-0.39, 0.29) is 11.6 Å². The topological polar surface area (TPSA) is 104 Å². The molecule has 1 unspecified atom stereocenters. The van der Waals surface area contributed by atoms with Crippen LogP contribution >= 0.6 is 0 Å². The number of aromatic amines is 1. The zero-order valence-electron chi connectivity index (χ0n) is 12.3. The maximum Gasteiger partial charge on any atom is 0.255 e. The highest BCUT2D eigenvalue weighted by molar-refractivity contribution is 7.88. The van der Waals surface area contributed by atoms with Gasteiger partial charge in [0.15, 0.2) is 0 Å². The van der Waals surface area contributed by atoms with Crippen molar-refractivity contribution in [3.8, 4) is 0 Å². The molecule has 0 radical (unpaired) electrons. The Morgan fingerprint density at radius 3 is 2.50 bits per heavy atom. The van der Waals surface area contributed by atoms with Gasteiger partial charge in [-0.1, -0.05) is 0 Å². The molecule has 0 saturated carbocycles. The van der Waals surface area contributed by atoms with E-state index in [0.717, 1.165) is 6.26 Å². The first-order valence-electron chi connectivity index (χ1n) is 6.46. The molecule has 0 bridgehead atoms. The number of H-pyrrole nitrogens is 1. The molecular weight excluding hydrogens is 280 g/mol. The van der Waals surface area contributed by atoms with Gasteiger partial charge in [-0.2, -0.15) is 0 Å². The molecule has 8 heteroatoms. The van der Waals surface area contributed by atoms with Crippen LogP contribution in [0, 0.1) is 13.8 Å². The van der Waals surface area contributed by atoms with Gasteiger partial charge in [-0.15, -0.1) is 0 Å². The Balaban J connectivity index is 2.52. The van der Waals surface area contributed by atoms with Crippen molar-refractivity contribution >= 4 is 10.0 Å². The summed E-state index contributed by atoms with van der Waals surface area (Å²) in [4.78, 5) is 18.8. The van der Waals surface area contributed by atoms with Gasteiger partial charge in [-0.25, -0.2) is 18.1 Å². The molecule has 114 valence electrons. The summed E-state index contributed by atoms with van der Waals surface area (Å²) in [5, 5.41) is 3.19. The molecule has 0 aromatic carbocycles. The zero-order chi connectivity index (χ0) is 15.3. The van der Waals surface area contributed by atoms with E-state index in [4.69, 9.17) is 0 Å². The predicted octanol–water partition coefficient (Wildman–Crippen LogP) is -0.0234. The molecule has 0 aliphatic carbocycles. The van der Waals surface area contributed by atoms with Gasteiger partial charge in [0.05, 0.1) is 11.8 Å². The van der Waals surface area contributed by atoms with Crippen molar-refractivity contribution in [1.29, 1.82) is 0 Å². The van der Waals surface area contributed by atoms with Crippen LogP contribution in [0.3, 0.4) is 0 Å². The summed E-state index contributed by atoms with van der Waals surface area (Å²) in [6.07, 6.45) is 1.78. The molecule has 0 amide bonds. The lowest BCUT2D eigenvalue weighted by Gasteiger charge is -2.15. The number of nitrogens with zero attached hydrogens (tertiary/aromatic N) is 1. The summed E-state index contributed by atoms with van der Waals surface area (Å²) in [5.41, 5.74) is 1.19. The number of hydrogen-bond acceptors (Lipinski definition) is 5. The summed E-state index contributed by atoms with van der Waals surface area (Å²) in [6, 6.07) is -0.134. The highest BCUT2D eigenvalue weighted by Crippen LogP contribution is 2.10. The van der Waals surface area contributed by atoms with Crippen molar-refractivity contribution in [1.82, 2.24) is 20.0 Å². The first-order chi connectivity index (χ1) is 9.20. The third-order valence-electron chi connectivity index (χ3n) is 2.87. The molecule has 7 nitrogen and oxygen atoms in total. The van der Waals surface area contributed by atoms with Crippen LogP contribution in [0.15, 0.2) is 4.79 Å². The van der Waals surface area contributed by atoms with E-state index in [1.165, 1.54) is 0 Å². The average molecular weight is 302 g/mol. The number of aryl methyl sites for hydroxylation is 2. The molecule has 20 heavy (non-hydrogen) atoms. The van der Waals surface area contributed by atoms with E-state index >= 15 is 0 Å². The van der Waals surface area contributed by atoms with Crippen LogP contribution in [0.1, 0.15) is 36.5 Å². The van der Waals surface area contributed by atoms with E-state index in [1.807, 2.05) is 6.92 Å². The van der Waals surface area contributed by atoms with E-state index in [1.54, 1.807) is 13.8 Å². The molecule has 1 aromatic heterocycles. The van der Waals surface area contributed by atoms with Crippen LogP contribution in [0.4, 0.5) is 0 Å². The second kappa shape index (κ2) is 6.96. The Morgan fingerprint density at radius 2 is 1.95 bits per heavy atom. The molecule has 1 rings (SSSR count). The SMILES string of the molecule is Cc1nc(C)c(C(C)NCCCNS(C)(=O)=O)c(=O)[nH]1. The molecular formula is C12H22N4O3S. The van der Waals surface area contributed by atoms with Crippen LogP contribution < -0.4 is 15.6 Å². The summed E-state index contributed by atoms with van der Waals surface area (Å²) in [5.74, 6) is 0.598. The molecule has 1 heterocycles. The summed E-state index contributed by atoms with van der Waals surface area (Å²) < 4.78 is 24.2. The molecule has 0 spiro atoms. The maximum absolute atomic E-state index is 11.9. The minimum atomic E-state index is -3.14. The van der Waals surface area contributed by atoms with E-state index in [0.29, 0.717) is 36.6 Å². The fourth-order valence-corrected chi connectivity index (χ4v) is 2.53. The predicted molar refractivity (Wildman–Crippen MR) is 78.2 cm³/mol. The summed E-state index contributed by atoms with van der Waals surface area (Å²) in [7, 11) is -3.14. The van der Waals surface area contributed by atoms with Gasteiger partial charge >= 0.3 is 0 Å². The minimum absolute atomic E-state index is 0.134. The van der Waals surface area contributed by atoms with Crippen molar-refractivity contribution in [2.75, 3.05) is 19.3 Å². The number of nitrogens with one attached hydrogen (secondary N) is 3. The standard InChI is InChI=1S/C12H22N4O3S/c1-8(13-6-5-7-14-20(4,18)19)11-9(2)15-10(3)16-12(11)17/h8,13-14H,5-7H2,1-4H3,(H,15,16,17). The second-order valence-electron chi connectivity index (χ2n) is 4.85. The normalized spacial score (nSPS) is 13.4. The van der Waals surface area contributed by atoms with Crippen molar-refractivity contribution in [2.24, 2.45) is 0 Å². The van der Waals surface area contributed by atoms with Gasteiger partial charge in [0, 0.05) is 18.3 Å². The lowest BCUT2D eigenvalue weighted by molar-refractivity contribution is 0.541. The van der Waals surface area contributed by atoms with Gasteiger partial charge in [-0.05, 0) is 33.7 Å². The second-order valence-corrected chi connectivity index (χ2v) is 6.68. The van der Waals surface area contributed by atoms with Crippen molar-refractivity contribution < 1.29 is 8.42 Å². The smallest absolute Gasteiger partial charge is 0.255 e. The summed E-state index contributed by atoms with van der Waals surface area (Å²) >= 11 is 0. The van der Waals surface area contributed by atoms with Gasteiger partial charge in [0.2, 0.25) is 10.0 Å². The molecule has 0 fully saturated rings. The summed E-state index contributed by atoms with van der Waals surface area (Å²) in [6.45, 7) is 6.42. The lowest BCUT2D eigenvalue weighted by atomic mass is 10.1. The average Bonchev–Trinajstić information content (AvgIpc) is 2.25. The van der Waals surface area contributed by atoms with Crippen molar-refractivity contribution in [3.05, 3.63) is 27.4 Å². The van der Waals surface area contributed by atoms with E-state index in [2.05, 4.69) is 20.0 Å². The van der Waals surface area contributed by atoms with Crippen molar-refractivity contribution in [3.63, 3.8) is 0 Å². The number of sulfonamides is 1. The van der Waals surface area contributed by atoms with Gasteiger partial charge in [0.1, 0.15) is 5.82 Å². The van der Waals surface area contributed by atoms with Crippen LogP contribution in [-0.4, -0.2) is 37.7 Å². The molecule has 0 aliphatic heterocycles. The Bertz CT molecular complexity index is 610. The molecule has 0 saturated heterocycles. The Kier molecular flexibility index (Phi) is 5.85. The number of hydrogen-bond donors (Lipinski definition) is 3. The van der Waals surface area contributed by atoms with E-state index < -0.39 is 10.0 Å². The Labute approximate surface area is 119 Å². The van der Waals surface area contributed by atoms with Crippen LogP contribution in [0.2, 0.25) is 0 Å². The van der Waals surface area contributed by atoms with Crippen LogP contribution in [-0.2, 0) is 10.0 Å². The fourth-order valence-electron chi connectivity index (χ4n) is 2.01. The third kappa shape index (κ3) is 5.40. The number of aromatic nitrogens is 2. The van der Waals surface area contributed by atoms with Gasteiger partial charge in [-0.3, -0.25) is 4.79 Å². The zero-order valence-corrected chi connectivity index (χ0v) is 13.1. The fraction of sp³-hybridized carbons (Fsp3) is 0.667. The van der Waals surface area contributed by atoms with E-state index in [9.17, 15) is 13.2 Å². The Hall–Kier alpha value is -1.25. The highest BCUT2D eigenvalue weighted by Gasteiger charge is 2.13. The van der Waals surface area contributed by atoms with Gasteiger partial charge < -0.3 is 10.3 Å². The van der Waals surface area contributed by atoms with Crippen LogP contribution in [0.25, 0.3) is 0 Å². The lowest BCUT2D eigenvalue weighted by Crippen LogP contribution is -2.30.